The molecule has 0 aliphatic heterocycles. The minimum atomic E-state index is -2.90. The first-order valence-corrected chi connectivity index (χ1v) is 8.72. The molecule has 9 heteroatoms. The SMILES string of the molecule is COc1ccc(-c2nnc(SCC(=O)c3ccc(OC(F)F)cc3)o2)cc1. The van der Waals surface area contributed by atoms with Crippen LogP contribution >= 0.6 is 11.8 Å². The molecule has 27 heavy (non-hydrogen) atoms. The van der Waals surface area contributed by atoms with E-state index in [1.165, 1.54) is 24.3 Å². The van der Waals surface area contributed by atoms with Gasteiger partial charge < -0.3 is 13.9 Å². The Bertz CT molecular complexity index is 898. The highest BCUT2D eigenvalue weighted by molar-refractivity contribution is 7.99. The number of carbonyl (C=O) groups is 1. The molecule has 0 saturated carbocycles. The maximum atomic E-state index is 12.2. The number of ketones is 1. The van der Waals surface area contributed by atoms with E-state index in [9.17, 15) is 13.6 Å². The second kappa shape index (κ2) is 8.63. The van der Waals surface area contributed by atoms with Crippen LogP contribution in [0.1, 0.15) is 10.4 Å². The summed E-state index contributed by atoms with van der Waals surface area (Å²) >= 11 is 1.10. The molecule has 0 atom stereocenters. The van der Waals surface area contributed by atoms with Gasteiger partial charge in [-0.05, 0) is 48.5 Å². The van der Waals surface area contributed by atoms with E-state index in [1.807, 2.05) is 0 Å². The van der Waals surface area contributed by atoms with Crippen molar-refractivity contribution in [3.63, 3.8) is 0 Å². The average Bonchev–Trinajstić information content (AvgIpc) is 3.15. The van der Waals surface area contributed by atoms with Crippen LogP contribution in [0.2, 0.25) is 0 Å². The highest BCUT2D eigenvalue weighted by atomic mass is 32.2. The predicted molar refractivity (Wildman–Crippen MR) is 94.4 cm³/mol. The molecule has 6 nitrogen and oxygen atoms in total. The van der Waals surface area contributed by atoms with Gasteiger partial charge in [0.15, 0.2) is 5.78 Å². The maximum absolute atomic E-state index is 12.2. The third-order valence-corrected chi connectivity index (χ3v) is 4.29. The Labute approximate surface area is 157 Å². The lowest BCUT2D eigenvalue weighted by Crippen LogP contribution is -2.04. The number of halogens is 2. The third kappa shape index (κ3) is 5.04. The lowest BCUT2D eigenvalue weighted by molar-refractivity contribution is -0.0498. The van der Waals surface area contributed by atoms with Gasteiger partial charge in [0.2, 0.25) is 5.89 Å². The number of ether oxygens (including phenoxy) is 2. The lowest BCUT2D eigenvalue weighted by Gasteiger charge is -2.04. The molecule has 0 aliphatic carbocycles. The normalized spacial score (nSPS) is 10.8. The molecule has 0 spiro atoms. The zero-order valence-electron chi connectivity index (χ0n) is 14.1. The molecule has 0 aliphatic rings. The molecule has 1 aromatic heterocycles. The summed E-state index contributed by atoms with van der Waals surface area (Å²) in [6, 6.07) is 12.6. The monoisotopic (exact) mass is 392 g/mol. The van der Waals surface area contributed by atoms with Crippen LogP contribution in [0.3, 0.4) is 0 Å². The number of methoxy groups -OCH3 is 1. The van der Waals surface area contributed by atoms with Gasteiger partial charge in [-0.15, -0.1) is 10.2 Å². The molecular weight excluding hydrogens is 378 g/mol. The standard InChI is InChI=1S/C18H14F2N2O4S/c1-24-13-6-4-12(5-7-13)16-21-22-18(26-16)27-10-15(23)11-2-8-14(9-3-11)25-17(19)20/h2-9,17H,10H2,1H3. The molecule has 2 aromatic carbocycles. The number of carbonyl (C=O) groups excluding carboxylic acids is 1. The minimum Gasteiger partial charge on any atom is -0.497 e. The molecular formula is C18H14F2N2O4S. The molecule has 0 unspecified atom stereocenters. The maximum Gasteiger partial charge on any atom is 0.387 e. The van der Waals surface area contributed by atoms with Crippen LogP contribution in [0.5, 0.6) is 11.5 Å². The smallest absolute Gasteiger partial charge is 0.387 e. The fraction of sp³-hybridized carbons (Fsp3) is 0.167. The summed E-state index contributed by atoms with van der Waals surface area (Å²) in [6.07, 6.45) is 0. The number of hydrogen-bond acceptors (Lipinski definition) is 7. The second-order valence-corrected chi connectivity index (χ2v) is 6.14. The molecule has 0 bridgehead atoms. The van der Waals surface area contributed by atoms with Gasteiger partial charge in [-0.2, -0.15) is 8.78 Å². The summed E-state index contributed by atoms with van der Waals surface area (Å²) in [7, 11) is 1.58. The van der Waals surface area contributed by atoms with Crippen molar-refractivity contribution in [2.45, 2.75) is 11.8 Å². The van der Waals surface area contributed by atoms with E-state index in [1.54, 1.807) is 31.4 Å². The van der Waals surface area contributed by atoms with Gasteiger partial charge in [0, 0.05) is 11.1 Å². The van der Waals surface area contributed by atoms with Crippen molar-refractivity contribution in [2.24, 2.45) is 0 Å². The highest BCUT2D eigenvalue weighted by Gasteiger charge is 2.13. The summed E-state index contributed by atoms with van der Waals surface area (Å²) < 4.78 is 39.1. The predicted octanol–water partition coefficient (Wildman–Crippen LogP) is 4.32. The topological polar surface area (TPSA) is 74.5 Å². The zero-order valence-corrected chi connectivity index (χ0v) is 14.9. The Kier molecular flexibility index (Phi) is 6.02. The van der Waals surface area contributed by atoms with Crippen molar-refractivity contribution in [1.29, 1.82) is 0 Å². The second-order valence-electron chi connectivity index (χ2n) is 5.22. The van der Waals surface area contributed by atoms with Crippen molar-refractivity contribution in [3.05, 3.63) is 54.1 Å². The number of aromatic nitrogens is 2. The number of nitrogens with zero attached hydrogens (tertiary/aromatic N) is 2. The van der Waals surface area contributed by atoms with E-state index in [0.29, 0.717) is 17.2 Å². The Morgan fingerprint density at radius 2 is 1.74 bits per heavy atom. The van der Waals surface area contributed by atoms with Crippen molar-refractivity contribution < 1.29 is 27.5 Å². The van der Waals surface area contributed by atoms with Crippen LogP contribution < -0.4 is 9.47 Å². The van der Waals surface area contributed by atoms with Crippen LogP contribution in [-0.2, 0) is 0 Å². The molecule has 1 heterocycles. The van der Waals surface area contributed by atoms with Gasteiger partial charge in [0.25, 0.3) is 5.22 Å². The first-order chi connectivity index (χ1) is 13.0. The summed E-state index contributed by atoms with van der Waals surface area (Å²) in [6.45, 7) is -2.90. The molecule has 0 amide bonds. The number of alkyl halides is 2. The summed E-state index contributed by atoms with van der Waals surface area (Å²) in [5, 5.41) is 8.12. The molecule has 140 valence electrons. The minimum absolute atomic E-state index is 0.00441. The van der Waals surface area contributed by atoms with Crippen molar-refractivity contribution in [2.75, 3.05) is 12.9 Å². The van der Waals surface area contributed by atoms with E-state index >= 15 is 0 Å². The van der Waals surface area contributed by atoms with Crippen molar-refractivity contribution in [1.82, 2.24) is 10.2 Å². The summed E-state index contributed by atoms with van der Waals surface area (Å²) in [5.74, 6) is 0.909. The molecule has 0 fully saturated rings. The van der Waals surface area contributed by atoms with Crippen molar-refractivity contribution in [3.8, 4) is 23.0 Å². The summed E-state index contributed by atoms with van der Waals surface area (Å²) in [4.78, 5) is 12.2. The van der Waals surface area contributed by atoms with Gasteiger partial charge in [-0.3, -0.25) is 4.79 Å². The van der Waals surface area contributed by atoms with E-state index in [-0.39, 0.29) is 22.5 Å². The Balaban J connectivity index is 1.58. The van der Waals surface area contributed by atoms with Crippen LogP contribution in [0, 0.1) is 0 Å². The Morgan fingerprint density at radius 3 is 2.37 bits per heavy atom. The van der Waals surface area contributed by atoms with Gasteiger partial charge >= 0.3 is 6.61 Å². The van der Waals surface area contributed by atoms with E-state index < -0.39 is 6.61 Å². The quantitative estimate of drug-likeness (QED) is 0.417. The number of hydrogen-bond donors (Lipinski definition) is 0. The van der Waals surface area contributed by atoms with E-state index in [2.05, 4.69) is 14.9 Å². The van der Waals surface area contributed by atoms with Gasteiger partial charge in [0.1, 0.15) is 11.5 Å². The molecule has 0 radical (unpaired) electrons. The number of thioether (sulfide) groups is 1. The third-order valence-electron chi connectivity index (χ3n) is 3.47. The van der Waals surface area contributed by atoms with Crippen LogP contribution in [0.15, 0.2) is 58.2 Å². The van der Waals surface area contributed by atoms with Gasteiger partial charge in [0.05, 0.1) is 12.9 Å². The van der Waals surface area contributed by atoms with Gasteiger partial charge in [-0.25, -0.2) is 0 Å². The fourth-order valence-corrected chi connectivity index (χ4v) is 2.81. The van der Waals surface area contributed by atoms with E-state index in [4.69, 9.17) is 9.15 Å². The highest BCUT2D eigenvalue weighted by Crippen LogP contribution is 2.25. The molecule has 0 N–H and O–H groups in total. The largest absolute Gasteiger partial charge is 0.497 e. The summed E-state index contributed by atoms with van der Waals surface area (Å²) in [5.41, 5.74) is 1.11. The first kappa shape index (κ1) is 18.8. The number of Topliss-reactive ketones (excluding diaryl/α,β-unsaturated/α-hetero) is 1. The van der Waals surface area contributed by atoms with E-state index in [0.717, 1.165) is 17.3 Å². The number of benzene rings is 2. The van der Waals surface area contributed by atoms with Crippen LogP contribution in [-0.4, -0.2) is 35.5 Å². The van der Waals surface area contributed by atoms with Crippen LogP contribution in [0.4, 0.5) is 8.78 Å². The first-order valence-electron chi connectivity index (χ1n) is 7.74. The number of rotatable bonds is 8. The fourth-order valence-electron chi connectivity index (χ4n) is 2.15. The average molecular weight is 392 g/mol. The molecule has 3 rings (SSSR count). The molecule has 3 aromatic rings. The lowest BCUT2D eigenvalue weighted by atomic mass is 10.1. The Morgan fingerprint density at radius 1 is 1.07 bits per heavy atom. The zero-order chi connectivity index (χ0) is 19.2. The molecule has 0 saturated heterocycles. The van der Waals surface area contributed by atoms with Gasteiger partial charge in [-0.1, -0.05) is 11.8 Å². The van der Waals surface area contributed by atoms with Crippen molar-refractivity contribution >= 4 is 17.5 Å². The Hall–Kier alpha value is -2.94. The van der Waals surface area contributed by atoms with Crippen LogP contribution in [0.25, 0.3) is 11.5 Å².